The molecule has 170 valence electrons. The summed E-state index contributed by atoms with van der Waals surface area (Å²) in [5.41, 5.74) is 5.78. The molecular weight excluding hydrogens is 468 g/mol. The maximum Gasteiger partial charge on any atom is 0.357 e. The van der Waals surface area contributed by atoms with Crippen LogP contribution >= 0.6 is 11.8 Å². The van der Waals surface area contributed by atoms with Gasteiger partial charge in [0.05, 0.1) is 27.8 Å². The predicted molar refractivity (Wildman–Crippen MR) is 143 cm³/mol. The highest BCUT2D eigenvalue weighted by Gasteiger charge is 2.24. The summed E-state index contributed by atoms with van der Waals surface area (Å²) in [5.74, 6) is 0. The largest absolute Gasteiger partial charge is 0.437 e. The standard InChI is InChI=1S/C29H16N4O2S/c34-29-31-28-19(27-30-20-7-1-2-8-21(20)33(27)29)15-17-13-14-18(16-24(17)35-28)32-22-9-3-5-11-25(22)36-26-12-6-4-10-23(26)32/h1-16H. The van der Waals surface area contributed by atoms with Gasteiger partial charge in [-0.3, -0.25) is 0 Å². The highest BCUT2D eigenvalue weighted by molar-refractivity contribution is 7.99. The van der Waals surface area contributed by atoms with E-state index < -0.39 is 5.69 Å². The molecular formula is C29H16N4O2S. The van der Waals surface area contributed by atoms with Gasteiger partial charge < -0.3 is 9.32 Å². The van der Waals surface area contributed by atoms with Gasteiger partial charge >= 0.3 is 5.69 Å². The third kappa shape index (κ3) is 2.71. The van der Waals surface area contributed by atoms with E-state index in [1.54, 1.807) is 16.2 Å². The third-order valence-electron chi connectivity index (χ3n) is 6.61. The summed E-state index contributed by atoms with van der Waals surface area (Å²) < 4.78 is 7.79. The fraction of sp³-hybridized carbons (Fsp3) is 0. The lowest BCUT2D eigenvalue weighted by Crippen LogP contribution is -2.16. The van der Waals surface area contributed by atoms with Gasteiger partial charge in [-0.05, 0) is 54.6 Å². The zero-order chi connectivity index (χ0) is 23.8. The maximum atomic E-state index is 12.9. The summed E-state index contributed by atoms with van der Waals surface area (Å²) in [7, 11) is 0. The molecule has 4 aromatic carbocycles. The second-order valence-corrected chi connectivity index (χ2v) is 9.80. The van der Waals surface area contributed by atoms with Gasteiger partial charge in [-0.15, -0.1) is 0 Å². The number of hydrogen-bond acceptors (Lipinski definition) is 6. The minimum atomic E-state index is -0.402. The number of fused-ring (bicyclic) bond motifs is 8. The molecule has 36 heavy (non-hydrogen) atoms. The number of para-hydroxylation sites is 4. The van der Waals surface area contributed by atoms with E-state index in [9.17, 15) is 4.79 Å². The van der Waals surface area contributed by atoms with Crippen molar-refractivity contribution < 1.29 is 4.42 Å². The van der Waals surface area contributed by atoms with Gasteiger partial charge in [-0.25, -0.2) is 14.2 Å². The van der Waals surface area contributed by atoms with Crippen molar-refractivity contribution in [2.24, 2.45) is 0 Å². The molecule has 7 heteroatoms. The fourth-order valence-corrected chi connectivity index (χ4v) is 6.07. The molecule has 0 radical (unpaired) electrons. The lowest BCUT2D eigenvalue weighted by Gasteiger charge is -2.32. The zero-order valence-corrected chi connectivity index (χ0v) is 19.6. The molecule has 7 aromatic rings. The molecule has 0 atom stereocenters. The fourth-order valence-electron chi connectivity index (χ4n) is 5.01. The number of nitrogens with zero attached hydrogens (tertiary/aromatic N) is 4. The van der Waals surface area contributed by atoms with Crippen molar-refractivity contribution in [2.45, 2.75) is 9.79 Å². The van der Waals surface area contributed by atoms with E-state index in [-0.39, 0.29) is 5.71 Å². The van der Waals surface area contributed by atoms with Crippen LogP contribution in [0.4, 0.5) is 17.1 Å². The van der Waals surface area contributed by atoms with Crippen molar-refractivity contribution in [3.63, 3.8) is 0 Å². The molecule has 0 fully saturated rings. The normalized spacial score (nSPS) is 12.9. The van der Waals surface area contributed by atoms with E-state index >= 15 is 0 Å². The molecule has 0 bridgehead atoms. The first kappa shape index (κ1) is 19.7. The first-order valence-electron chi connectivity index (χ1n) is 11.6. The van der Waals surface area contributed by atoms with Gasteiger partial charge in [0.2, 0.25) is 5.71 Å². The zero-order valence-electron chi connectivity index (χ0n) is 18.8. The van der Waals surface area contributed by atoms with E-state index in [1.165, 1.54) is 9.79 Å². The first-order valence-corrected chi connectivity index (χ1v) is 12.4. The number of anilines is 3. The van der Waals surface area contributed by atoms with Gasteiger partial charge in [0.25, 0.3) is 0 Å². The highest BCUT2D eigenvalue weighted by atomic mass is 32.2. The number of aromatic nitrogens is 3. The van der Waals surface area contributed by atoms with Crippen LogP contribution in [0.25, 0.3) is 38.7 Å². The van der Waals surface area contributed by atoms with Crippen LogP contribution in [0.15, 0.2) is 116 Å². The second-order valence-electron chi connectivity index (χ2n) is 8.71. The SMILES string of the molecule is O=c1nc2oc3cc(N4c5ccccc5Sc5ccccc54)ccc3cc2c2nc3ccccc3n12. The molecule has 6 nitrogen and oxygen atoms in total. The van der Waals surface area contributed by atoms with Crippen molar-refractivity contribution >= 4 is 67.6 Å². The van der Waals surface area contributed by atoms with Crippen molar-refractivity contribution in [3.05, 3.63) is 108 Å². The summed E-state index contributed by atoms with van der Waals surface area (Å²) in [6.07, 6.45) is 0. The molecule has 1 aliphatic rings. The van der Waals surface area contributed by atoms with E-state index in [1.807, 2.05) is 42.5 Å². The minimum absolute atomic E-state index is 0.280. The summed E-state index contributed by atoms with van der Waals surface area (Å²) in [6, 6.07) is 32.5. The van der Waals surface area contributed by atoms with E-state index in [0.29, 0.717) is 16.6 Å². The van der Waals surface area contributed by atoms with Crippen molar-refractivity contribution in [1.29, 1.82) is 0 Å². The topological polar surface area (TPSA) is 63.6 Å². The van der Waals surface area contributed by atoms with Crippen LogP contribution in [0.1, 0.15) is 0 Å². The molecule has 0 amide bonds. The smallest absolute Gasteiger partial charge is 0.357 e. The Labute approximate surface area is 208 Å². The Balaban J connectivity index is 1.37. The molecule has 0 spiro atoms. The molecule has 0 saturated heterocycles. The Morgan fingerprint density at radius 2 is 1.47 bits per heavy atom. The Kier molecular flexibility index (Phi) is 3.93. The van der Waals surface area contributed by atoms with Crippen LogP contribution in [0.2, 0.25) is 0 Å². The number of imidazole rings is 1. The number of hydrogen-bond donors (Lipinski definition) is 0. The van der Waals surface area contributed by atoms with E-state index in [4.69, 9.17) is 9.40 Å². The lowest BCUT2D eigenvalue weighted by molar-refractivity contribution is 0.641. The predicted octanol–water partition coefficient (Wildman–Crippen LogP) is 7.08. The minimum Gasteiger partial charge on any atom is -0.437 e. The number of rotatable bonds is 1. The lowest BCUT2D eigenvalue weighted by atomic mass is 10.1. The first-order chi connectivity index (χ1) is 17.7. The Bertz CT molecular complexity index is 2030. The van der Waals surface area contributed by atoms with Crippen LogP contribution < -0.4 is 10.6 Å². The molecule has 0 unspecified atom stereocenters. The Morgan fingerprint density at radius 3 is 2.28 bits per heavy atom. The van der Waals surface area contributed by atoms with Gasteiger partial charge in [0.1, 0.15) is 5.58 Å². The quantitative estimate of drug-likeness (QED) is 0.232. The van der Waals surface area contributed by atoms with Gasteiger partial charge in [0.15, 0.2) is 5.65 Å². The second kappa shape index (κ2) is 7.19. The van der Waals surface area contributed by atoms with Gasteiger partial charge in [-0.1, -0.05) is 48.2 Å². The van der Waals surface area contributed by atoms with Crippen molar-refractivity contribution in [1.82, 2.24) is 14.4 Å². The Morgan fingerprint density at radius 1 is 0.750 bits per heavy atom. The average molecular weight is 485 g/mol. The van der Waals surface area contributed by atoms with Crippen LogP contribution in [0, 0.1) is 0 Å². The summed E-state index contributed by atoms with van der Waals surface area (Å²) in [6.45, 7) is 0. The third-order valence-corrected chi connectivity index (χ3v) is 7.74. The van der Waals surface area contributed by atoms with Gasteiger partial charge in [0, 0.05) is 26.9 Å². The molecule has 4 heterocycles. The summed E-state index contributed by atoms with van der Waals surface area (Å²) in [4.78, 5) is 26.5. The van der Waals surface area contributed by atoms with Crippen molar-refractivity contribution in [2.75, 3.05) is 4.90 Å². The molecule has 8 rings (SSSR count). The summed E-state index contributed by atoms with van der Waals surface area (Å²) in [5, 5.41) is 1.62. The Hall–Kier alpha value is -4.62. The molecule has 0 saturated carbocycles. The maximum absolute atomic E-state index is 12.9. The summed E-state index contributed by atoms with van der Waals surface area (Å²) >= 11 is 1.77. The van der Waals surface area contributed by atoms with Crippen LogP contribution in [-0.4, -0.2) is 14.4 Å². The molecule has 1 aliphatic heterocycles. The van der Waals surface area contributed by atoms with Crippen LogP contribution in [0.3, 0.4) is 0 Å². The molecule has 0 aliphatic carbocycles. The molecule has 3 aromatic heterocycles. The van der Waals surface area contributed by atoms with Crippen LogP contribution in [-0.2, 0) is 0 Å². The van der Waals surface area contributed by atoms with Gasteiger partial charge in [-0.2, -0.15) is 4.98 Å². The van der Waals surface area contributed by atoms with E-state index in [0.717, 1.165) is 33.5 Å². The average Bonchev–Trinajstić information content (AvgIpc) is 3.31. The monoisotopic (exact) mass is 484 g/mol. The van der Waals surface area contributed by atoms with Crippen molar-refractivity contribution in [3.8, 4) is 0 Å². The highest BCUT2D eigenvalue weighted by Crippen LogP contribution is 2.51. The van der Waals surface area contributed by atoms with E-state index in [2.05, 4.69) is 64.5 Å². The van der Waals surface area contributed by atoms with Crippen LogP contribution in [0.5, 0.6) is 0 Å². The number of benzene rings is 4. The molecule has 0 N–H and O–H groups in total.